The summed E-state index contributed by atoms with van der Waals surface area (Å²) in [5.41, 5.74) is 0.687. The Morgan fingerprint density at radius 3 is 2.02 bits per heavy atom. The highest BCUT2D eigenvalue weighted by Crippen LogP contribution is 2.38. The van der Waals surface area contributed by atoms with Crippen molar-refractivity contribution in [1.29, 1.82) is 0 Å². The SMILES string of the molecule is C=CCO[C@@H]1O[C@@H]2COC(c3ccccc3)O[C@@H]2[C@H](O[C@H]2O[C@H](CO)[C@H](O)[C@H](O[C@@H]3O[C@H](CO)[C@H](O)[C@H](O)[C@H]3O)[C@H]2NC(C)=O)[C@H]1NC(C)=O. The van der Waals surface area contributed by atoms with Crippen molar-refractivity contribution in [3.05, 3.63) is 48.6 Å². The largest absolute Gasteiger partial charge is 0.394 e. The Labute approximate surface area is 287 Å². The van der Waals surface area contributed by atoms with E-state index in [1.807, 2.05) is 18.2 Å². The van der Waals surface area contributed by atoms with E-state index in [0.29, 0.717) is 5.56 Å². The number of aliphatic hydroxyl groups is 6. The minimum absolute atomic E-state index is 0.0201. The fourth-order valence-electron chi connectivity index (χ4n) is 6.43. The third-order valence-electron chi connectivity index (χ3n) is 8.81. The predicted octanol–water partition coefficient (Wildman–Crippen LogP) is -3.31. The van der Waals surface area contributed by atoms with Gasteiger partial charge in [0.15, 0.2) is 25.2 Å². The first-order valence-corrected chi connectivity index (χ1v) is 16.3. The summed E-state index contributed by atoms with van der Waals surface area (Å²) in [7, 11) is 0. The zero-order chi connectivity index (χ0) is 36.1. The molecule has 0 spiro atoms. The lowest BCUT2D eigenvalue weighted by Gasteiger charge is -2.52. The lowest BCUT2D eigenvalue weighted by molar-refractivity contribution is -0.378. The molecule has 280 valence electrons. The quantitative estimate of drug-likeness (QED) is 0.0987. The monoisotopic (exact) mass is 714 g/mol. The van der Waals surface area contributed by atoms with Crippen LogP contribution in [0.3, 0.4) is 0 Å². The molecule has 4 saturated heterocycles. The van der Waals surface area contributed by atoms with Crippen LogP contribution in [0.4, 0.5) is 0 Å². The van der Waals surface area contributed by atoms with Crippen LogP contribution in [0.5, 0.6) is 0 Å². The number of hydrogen-bond acceptors (Lipinski definition) is 16. The van der Waals surface area contributed by atoms with Gasteiger partial charge in [0, 0.05) is 19.4 Å². The van der Waals surface area contributed by atoms with E-state index in [1.54, 1.807) is 12.1 Å². The molecule has 0 aliphatic carbocycles. The van der Waals surface area contributed by atoms with E-state index in [2.05, 4.69) is 17.2 Å². The molecule has 1 unspecified atom stereocenters. The van der Waals surface area contributed by atoms with Crippen molar-refractivity contribution in [2.45, 2.75) is 112 Å². The second kappa shape index (κ2) is 17.2. The highest BCUT2D eigenvalue weighted by atomic mass is 16.8. The van der Waals surface area contributed by atoms with Crippen LogP contribution >= 0.6 is 0 Å². The number of fused-ring (bicyclic) bond motifs is 1. The van der Waals surface area contributed by atoms with Crippen LogP contribution in [0.2, 0.25) is 0 Å². The predicted molar refractivity (Wildman–Crippen MR) is 165 cm³/mol. The molecule has 18 heteroatoms. The molecule has 4 fully saturated rings. The summed E-state index contributed by atoms with van der Waals surface area (Å²) < 4.78 is 48.5. The van der Waals surface area contributed by atoms with Crippen LogP contribution < -0.4 is 10.6 Å². The van der Waals surface area contributed by atoms with E-state index >= 15 is 0 Å². The van der Waals surface area contributed by atoms with Crippen molar-refractivity contribution in [2.24, 2.45) is 0 Å². The number of hydrogen-bond donors (Lipinski definition) is 8. The Balaban J connectivity index is 1.50. The van der Waals surface area contributed by atoms with Crippen molar-refractivity contribution in [1.82, 2.24) is 10.6 Å². The van der Waals surface area contributed by atoms with Gasteiger partial charge in [-0.1, -0.05) is 36.4 Å². The van der Waals surface area contributed by atoms with E-state index in [-0.39, 0.29) is 13.2 Å². The standard InChI is InChI=1S/C32H46N2O16/c1-4-10-43-30-21(34-15(3)38)28(26-19(47-30)13-44-29(48-26)16-8-6-5-7-9-16)50-31-20(33-14(2)37)27(23(40)18(12-36)45-31)49-32-25(42)24(41)22(39)17(11-35)46-32/h4-9,17-32,35-36,39-42H,1,10-13H2,2-3H3,(H,33,37)(H,34,38)/t17-,18-,19-,20-,21-,22+,23+,24+,25-,26+,27-,28-,29?,30-,31-,32+/m1/s1. The molecule has 8 N–H and O–H groups in total. The molecule has 16 atom stereocenters. The molecule has 4 heterocycles. The van der Waals surface area contributed by atoms with Crippen LogP contribution in [0.1, 0.15) is 25.7 Å². The molecule has 4 aliphatic heterocycles. The first-order chi connectivity index (χ1) is 24.0. The Kier molecular flexibility index (Phi) is 13.3. The number of rotatable bonds is 12. The molecule has 0 radical (unpaired) electrons. The minimum atomic E-state index is -1.86. The van der Waals surface area contributed by atoms with E-state index in [9.17, 15) is 40.2 Å². The summed E-state index contributed by atoms with van der Waals surface area (Å²) in [6.07, 6.45) is -18.0. The number of benzene rings is 1. The molecular formula is C32H46N2O16. The smallest absolute Gasteiger partial charge is 0.217 e. The molecule has 5 rings (SSSR count). The maximum Gasteiger partial charge on any atom is 0.217 e. The number of aliphatic hydroxyl groups excluding tert-OH is 6. The number of nitrogens with one attached hydrogen (secondary N) is 2. The fourth-order valence-corrected chi connectivity index (χ4v) is 6.43. The second-order valence-corrected chi connectivity index (χ2v) is 12.4. The first-order valence-electron chi connectivity index (χ1n) is 16.3. The molecule has 18 nitrogen and oxygen atoms in total. The average Bonchev–Trinajstić information content (AvgIpc) is 3.10. The molecule has 2 amide bonds. The summed E-state index contributed by atoms with van der Waals surface area (Å²) in [4.78, 5) is 25.1. The highest BCUT2D eigenvalue weighted by molar-refractivity contribution is 5.73. The average molecular weight is 715 g/mol. The Hall–Kier alpha value is -2.66. The van der Waals surface area contributed by atoms with Gasteiger partial charge in [-0.15, -0.1) is 6.58 Å². The van der Waals surface area contributed by atoms with Gasteiger partial charge < -0.3 is 79.2 Å². The van der Waals surface area contributed by atoms with Crippen molar-refractivity contribution in [3.8, 4) is 0 Å². The number of ether oxygens (including phenoxy) is 8. The topological polar surface area (TPSA) is 253 Å². The van der Waals surface area contributed by atoms with Crippen LogP contribution in [-0.4, -0.2) is 161 Å². The normalized spacial score (nSPS) is 41.8. The molecule has 4 aliphatic rings. The molecular weight excluding hydrogens is 668 g/mol. The van der Waals surface area contributed by atoms with Crippen molar-refractivity contribution >= 4 is 11.8 Å². The van der Waals surface area contributed by atoms with E-state index in [0.717, 1.165) is 0 Å². The molecule has 0 bridgehead atoms. The third-order valence-corrected chi connectivity index (χ3v) is 8.81. The summed E-state index contributed by atoms with van der Waals surface area (Å²) in [6.45, 7) is 4.67. The Morgan fingerprint density at radius 2 is 1.40 bits per heavy atom. The molecule has 50 heavy (non-hydrogen) atoms. The van der Waals surface area contributed by atoms with Gasteiger partial charge in [-0.25, -0.2) is 0 Å². The van der Waals surface area contributed by atoms with Gasteiger partial charge in [-0.05, 0) is 0 Å². The lowest BCUT2D eigenvalue weighted by atomic mass is 9.93. The van der Waals surface area contributed by atoms with Crippen molar-refractivity contribution < 1.29 is 78.1 Å². The van der Waals surface area contributed by atoms with E-state index in [4.69, 9.17) is 37.9 Å². The summed E-state index contributed by atoms with van der Waals surface area (Å²) in [5.74, 6) is -1.09. The maximum absolute atomic E-state index is 12.6. The van der Waals surface area contributed by atoms with Gasteiger partial charge in [0.1, 0.15) is 73.1 Å². The van der Waals surface area contributed by atoms with Gasteiger partial charge in [0.25, 0.3) is 0 Å². The Morgan fingerprint density at radius 1 is 0.800 bits per heavy atom. The van der Waals surface area contributed by atoms with Crippen molar-refractivity contribution in [2.75, 3.05) is 26.4 Å². The molecule has 1 aromatic rings. The van der Waals surface area contributed by atoms with Gasteiger partial charge >= 0.3 is 0 Å². The number of amides is 2. The fraction of sp³-hybridized carbons (Fsp3) is 0.688. The zero-order valence-corrected chi connectivity index (χ0v) is 27.5. The van der Waals surface area contributed by atoms with E-state index in [1.165, 1.54) is 19.9 Å². The van der Waals surface area contributed by atoms with Gasteiger partial charge in [-0.3, -0.25) is 9.59 Å². The van der Waals surface area contributed by atoms with Gasteiger partial charge in [-0.2, -0.15) is 0 Å². The molecule has 0 aromatic heterocycles. The summed E-state index contributed by atoms with van der Waals surface area (Å²) in [5, 5.41) is 67.9. The summed E-state index contributed by atoms with van der Waals surface area (Å²) in [6, 6.07) is 6.60. The maximum atomic E-state index is 12.6. The minimum Gasteiger partial charge on any atom is -0.394 e. The second-order valence-electron chi connectivity index (χ2n) is 12.4. The van der Waals surface area contributed by atoms with Crippen molar-refractivity contribution in [3.63, 3.8) is 0 Å². The van der Waals surface area contributed by atoms with E-state index < -0.39 is 123 Å². The third kappa shape index (κ3) is 8.51. The first kappa shape index (κ1) is 38.6. The number of carbonyl (C=O) groups excluding carboxylic acids is 2. The number of carbonyl (C=O) groups is 2. The highest BCUT2D eigenvalue weighted by Gasteiger charge is 2.56. The van der Waals surface area contributed by atoms with Crippen LogP contribution in [0.25, 0.3) is 0 Å². The summed E-state index contributed by atoms with van der Waals surface area (Å²) >= 11 is 0. The Bertz CT molecular complexity index is 1280. The van der Waals surface area contributed by atoms with Crippen LogP contribution in [0, 0.1) is 0 Å². The molecule has 1 aromatic carbocycles. The van der Waals surface area contributed by atoms with Gasteiger partial charge in [0.2, 0.25) is 11.8 Å². The molecule has 0 saturated carbocycles. The van der Waals surface area contributed by atoms with Crippen LogP contribution in [0.15, 0.2) is 43.0 Å². The lowest BCUT2D eigenvalue weighted by Crippen LogP contribution is -2.71. The van der Waals surface area contributed by atoms with Crippen LogP contribution in [-0.2, 0) is 47.5 Å². The van der Waals surface area contributed by atoms with Gasteiger partial charge in [0.05, 0.1) is 26.4 Å². The zero-order valence-electron chi connectivity index (χ0n) is 27.5.